The molecule has 50 heavy (non-hydrogen) atoms. The van der Waals surface area contributed by atoms with Crippen LogP contribution in [0.25, 0.3) is 53.2 Å². The fraction of sp³-hybridized carbons (Fsp3) is 0.409. The van der Waals surface area contributed by atoms with Gasteiger partial charge in [-0.05, 0) is 68.7 Å². The normalized spacial score (nSPS) is 12.7. The van der Waals surface area contributed by atoms with E-state index in [1.165, 1.54) is 48.1 Å². The van der Waals surface area contributed by atoms with Gasteiger partial charge in [0, 0.05) is 74.5 Å². The molecule has 6 aromatic rings. The quantitative estimate of drug-likeness (QED) is 0.0940. The number of ketones is 1. The smallest absolute Gasteiger partial charge is 0.164 e. The van der Waals surface area contributed by atoms with E-state index in [4.69, 9.17) is 9.40 Å². The number of hydrogen-bond acceptors (Lipinski definition) is 5. The molecule has 0 unspecified atom stereocenters. The molecule has 0 atom stereocenters. The van der Waals surface area contributed by atoms with Crippen LogP contribution in [0, 0.1) is 30.7 Å². The molecule has 1 radical (unpaired) electrons. The molecule has 3 aromatic heterocycles. The van der Waals surface area contributed by atoms with Crippen molar-refractivity contribution in [2.45, 2.75) is 107 Å². The number of fused-ring (bicyclic) bond motifs is 6. The first kappa shape index (κ1) is 39.5. The third kappa shape index (κ3) is 7.22. The SMILES string of the molecule is CCC(C)(CC)C(=O)/C=C(\O)C(C)(CC)CC.Cc1oc2c(ccc3sc4c(-c5[c-]c6ccccc6c(C(C)(C)C)c5)nccc4c32)c1C.[Ir]. The van der Waals surface area contributed by atoms with E-state index in [1.54, 1.807) is 11.3 Å². The minimum Gasteiger partial charge on any atom is -0.512 e. The number of nitrogens with zero attached hydrogens (tertiary/aromatic N) is 1. The van der Waals surface area contributed by atoms with Crippen LogP contribution in [0.1, 0.15) is 105 Å². The van der Waals surface area contributed by atoms with Gasteiger partial charge in [-0.25, -0.2) is 0 Å². The van der Waals surface area contributed by atoms with E-state index in [1.807, 2.05) is 54.7 Å². The van der Waals surface area contributed by atoms with Crippen molar-refractivity contribution in [3.05, 3.63) is 89.5 Å². The van der Waals surface area contributed by atoms with Crippen molar-refractivity contribution >= 4 is 59.0 Å². The third-order valence-corrected chi connectivity index (χ3v) is 12.3. The third-order valence-electron chi connectivity index (χ3n) is 11.1. The minimum atomic E-state index is -0.337. The van der Waals surface area contributed by atoms with Gasteiger partial charge in [0.15, 0.2) is 5.78 Å². The number of allylic oxidation sites excluding steroid dienone is 2. The predicted molar refractivity (Wildman–Crippen MR) is 210 cm³/mol. The monoisotopic (exact) mass is 867 g/mol. The maximum Gasteiger partial charge on any atom is 0.164 e. The van der Waals surface area contributed by atoms with Crippen molar-refractivity contribution in [2.75, 3.05) is 0 Å². The molecule has 0 aliphatic carbocycles. The Morgan fingerprint density at radius 3 is 2.14 bits per heavy atom. The largest absolute Gasteiger partial charge is 0.512 e. The maximum absolute atomic E-state index is 12.2. The van der Waals surface area contributed by atoms with Crippen LogP contribution in [0.15, 0.2) is 71.0 Å². The average molecular weight is 867 g/mol. The Morgan fingerprint density at radius 2 is 1.52 bits per heavy atom. The van der Waals surface area contributed by atoms with Gasteiger partial charge in [-0.3, -0.25) is 9.78 Å². The van der Waals surface area contributed by atoms with Crippen molar-refractivity contribution < 1.29 is 34.4 Å². The van der Waals surface area contributed by atoms with E-state index < -0.39 is 0 Å². The summed E-state index contributed by atoms with van der Waals surface area (Å²) in [6, 6.07) is 21.0. The van der Waals surface area contributed by atoms with Crippen LogP contribution in [0.3, 0.4) is 0 Å². The summed E-state index contributed by atoms with van der Waals surface area (Å²) in [5.41, 5.74) is 4.98. The summed E-state index contributed by atoms with van der Waals surface area (Å²) >= 11 is 1.79. The molecule has 0 bridgehead atoms. The average Bonchev–Trinajstić information content (AvgIpc) is 3.62. The van der Waals surface area contributed by atoms with Crippen LogP contribution in [0.2, 0.25) is 0 Å². The number of carbonyl (C=O) groups is 1. The number of aryl methyl sites for hydroxylation is 2. The predicted octanol–water partition coefficient (Wildman–Crippen LogP) is 13.4. The summed E-state index contributed by atoms with van der Waals surface area (Å²) in [5.74, 6) is 1.27. The van der Waals surface area contributed by atoms with Gasteiger partial charge in [0.05, 0.1) is 0 Å². The standard InChI is InChI=1S/C29H24NOS.C15H28O2.Ir/c1-16-17(2)31-27-20(16)10-11-24-25(27)22-12-13-30-26(28(22)32-24)19-14-18-8-6-7-9-21(18)23(15-19)29(3,4)5;1-7-14(5,8-2)12(16)11-13(17)15(6,9-3)10-4;/h6-13,15H,1-5H3;11,16H,7-10H2,1-6H3;/q-1;;/b;12-11-;. The van der Waals surface area contributed by atoms with Crippen LogP contribution in [-0.2, 0) is 30.3 Å². The molecule has 1 N–H and O–H groups in total. The molecule has 267 valence electrons. The molecular formula is C44H52IrNO3S-. The Hall–Kier alpha value is -3.31. The summed E-state index contributed by atoms with van der Waals surface area (Å²) < 4.78 is 8.64. The Labute approximate surface area is 315 Å². The first-order chi connectivity index (χ1) is 23.1. The van der Waals surface area contributed by atoms with Crippen molar-refractivity contribution in [1.82, 2.24) is 4.98 Å². The second-order valence-corrected chi connectivity index (χ2v) is 16.1. The molecule has 3 aromatic carbocycles. The first-order valence-corrected chi connectivity index (χ1v) is 18.5. The van der Waals surface area contributed by atoms with E-state index in [-0.39, 0.29) is 47.9 Å². The number of carbonyl (C=O) groups excluding carboxylic acids is 1. The van der Waals surface area contributed by atoms with E-state index in [2.05, 4.69) is 82.3 Å². The molecule has 0 amide bonds. The minimum absolute atomic E-state index is 0. The zero-order chi connectivity index (χ0) is 35.9. The number of benzene rings is 3. The molecule has 0 aliphatic heterocycles. The van der Waals surface area contributed by atoms with Crippen LogP contribution >= 0.6 is 11.3 Å². The number of aliphatic hydroxyl groups is 1. The number of aromatic nitrogens is 1. The molecular weight excluding hydrogens is 815 g/mol. The van der Waals surface area contributed by atoms with Gasteiger partial charge in [-0.1, -0.05) is 91.5 Å². The van der Waals surface area contributed by atoms with Crippen molar-refractivity contribution in [1.29, 1.82) is 0 Å². The molecule has 0 saturated carbocycles. The zero-order valence-electron chi connectivity index (χ0n) is 31.6. The van der Waals surface area contributed by atoms with Gasteiger partial charge in [0.2, 0.25) is 0 Å². The number of furan rings is 1. The van der Waals surface area contributed by atoms with Crippen LogP contribution in [-0.4, -0.2) is 15.9 Å². The van der Waals surface area contributed by atoms with Gasteiger partial charge in [0.1, 0.15) is 17.1 Å². The summed E-state index contributed by atoms with van der Waals surface area (Å²) in [6.07, 6.45) is 6.68. The maximum atomic E-state index is 12.2. The second kappa shape index (κ2) is 15.1. The number of hydrogen-bond donors (Lipinski definition) is 1. The second-order valence-electron chi connectivity index (χ2n) is 15.1. The number of thiophene rings is 1. The van der Waals surface area contributed by atoms with Crippen molar-refractivity contribution in [3.63, 3.8) is 0 Å². The summed E-state index contributed by atoms with van der Waals surface area (Å²) in [6.45, 7) is 23.1. The van der Waals surface area contributed by atoms with Gasteiger partial charge >= 0.3 is 0 Å². The molecule has 0 spiro atoms. The Kier molecular flexibility index (Phi) is 11.9. The Morgan fingerprint density at radius 1 is 0.880 bits per heavy atom. The van der Waals surface area contributed by atoms with E-state index in [0.29, 0.717) is 0 Å². The van der Waals surface area contributed by atoms with Gasteiger partial charge in [0.25, 0.3) is 0 Å². The fourth-order valence-corrected chi connectivity index (χ4v) is 7.64. The van der Waals surface area contributed by atoms with Crippen molar-refractivity contribution in [2.24, 2.45) is 10.8 Å². The molecule has 6 heteroatoms. The van der Waals surface area contributed by atoms with Gasteiger partial charge in [-0.15, -0.1) is 40.5 Å². The number of rotatable bonds is 8. The molecule has 6 rings (SSSR count). The summed E-state index contributed by atoms with van der Waals surface area (Å²) in [5, 5.41) is 16.1. The Bertz CT molecular complexity index is 2190. The number of pyridine rings is 1. The van der Waals surface area contributed by atoms with Crippen molar-refractivity contribution in [3.8, 4) is 11.3 Å². The molecule has 4 nitrogen and oxygen atoms in total. The van der Waals surface area contributed by atoms with Crippen LogP contribution < -0.4 is 0 Å². The van der Waals surface area contributed by atoms with Gasteiger partial charge < -0.3 is 9.52 Å². The Balaban J connectivity index is 0.000000269. The molecule has 0 saturated heterocycles. The first-order valence-electron chi connectivity index (χ1n) is 17.7. The zero-order valence-corrected chi connectivity index (χ0v) is 34.8. The van der Waals surface area contributed by atoms with E-state index in [0.717, 1.165) is 53.7 Å². The van der Waals surface area contributed by atoms with E-state index >= 15 is 0 Å². The molecule has 0 fully saturated rings. The van der Waals surface area contributed by atoms with Gasteiger partial charge in [-0.2, -0.15) is 0 Å². The topological polar surface area (TPSA) is 63.3 Å². The number of aliphatic hydroxyl groups excluding tert-OH is 1. The summed E-state index contributed by atoms with van der Waals surface area (Å²) in [4.78, 5) is 17.0. The molecule has 3 heterocycles. The van der Waals surface area contributed by atoms with Crippen LogP contribution in [0.5, 0.6) is 0 Å². The van der Waals surface area contributed by atoms with E-state index in [9.17, 15) is 9.90 Å². The van der Waals surface area contributed by atoms with Crippen LogP contribution in [0.4, 0.5) is 0 Å². The molecule has 0 aliphatic rings. The fourth-order valence-electron chi connectivity index (χ4n) is 6.44. The summed E-state index contributed by atoms with van der Waals surface area (Å²) in [7, 11) is 0.